The number of ether oxygens (including phenoxy) is 1. The van der Waals surface area contributed by atoms with Gasteiger partial charge in [-0.2, -0.15) is 0 Å². The predicted molar refractivity (Wildman–Crippen MR) is 73.6 cm³/mol. The van der Waals surface area contributed by atoms with E-state index >= 15 is 0 Å². The number of methoxy groups -OCH3 is 1. The fraction of sp³-hybridized carbons (Fsp3) is 0.929. The van der Waals surface area contributed by atoms with E-state index in [-0.39, 0.29) is 5.97 Å². The van der Waals surface area contributed by atoms with Gasteiger partial charge in [0.1, 0.15) is 5.54 Å². The molecule has 0 bridgehead atoms. The van der Waals surface area contributed by atoms with Gasteiger partial charge in [0.2, 0.25) is 0 Å². The number of carbonyl (C=O) groups excluding carboxylic acids is 1. The number of hydrogen-bond donors (Lipinski definition) is 1. The van der Waals surface area contributed by atoms with Gasteiger partial charge in [-0.25, -0.2) is 0 Å². The van der Waals surface area contributed by atoms with Crippen molar-refractivity contribution >= 4 is 5.97 Å². The van der Waals surface area contributed by atoms with Crippen LogP contribution in [0.1, 0.15) is 46.5 Å². The molecule has 1 aliphatic heterocycles. The average molecular weight is 256 g/mol. The lowest BCUT2D eigenvalue weighted by atomic mass is 9.90. The lowest BCUT2D eigenvalue weighted by Gasteiger charge is -2.31. The van der Waals surface area contributed by atoms with E-state index in [9.17, 15) is 4.79 Å². The first kappa shape index (κ1) is 15.4. The first-order chi connectivity index (χ1) is 8.55. The molecule has 18 heavy (non-hydrogen) atoms. The van der Waals surface area contributed by atoms with Gasteiger partial charge in [-0.15, -0.1) is 0 Å². The fourth-order valence-electron chi connectivity index (χ4n) is 2.68. The molecule has 1 aliphatic rings. The Hall–Kier alpha value is -0.610. The summed E-state index contributed by atoms with van der Waals surface area (Å²) >= 11 is 0. The number of rotatable bonds is 5. The van der Waals surface area contributed by atoms with Gasteiger partial charge in [-0.1, -0.05) is 6.92 Å². The monoisotopic (exact) mass is 256 g/mol. The number of esters is 1. The third-order valence-electron chi connectivity index (χ3n) is 3.89. The second kappa shape index (κ2) is 7.10. The molecule has 0 aromatic rings. The molecular weight excluding hydrogens is 228 g/mol. The zero-order valence-electron chi connectivity index (χ0n) is 12.3. The summed E-state index contributed by atoms with van der Waals surface area (Å²) in [6.45, 7) is 9.45. The molecule has 1 N–H and O–H groups in total. The van der Waals surface area contributed by atoms with Crippen LogP contribution in [0.2, 0.25) is 0 Å². The SMILES string of the molecule is CCCNC1(C(=O)OC)CCCN(C(C)C)CC1. The molecule has 0 amide bonds. The average Bonchev–Trinajstić information content (AvgIpc) is 2.59. The summed E-state index contributed by atoms with van der Waals surface area (Å²) in [4.78, 5) is 14.6. The van der Waals surface area contributed by atoms with E-state index in [2.05, 4.69) is 31.0 Å². The largest absolute Gasteiger partial charge is 0.468 e. The summed E-state index contributed by atoms with van der Waals surface area (Å²) < 4.78 is 5.02. The predicted octanol–water partition coefficient (Wildman–Crippen LogP) is 1.79. The van der Waals surface area contributed by atoms with E-state index in [1.54, 1.807) is 0 Å². The maximum atomic E-state index is 12.1. The van der Waals surface area contributed by atoms with Crippen LogP contribution < -0.4 is 5.32 Å². The van der Waals surface area contributed by atoms with Gasteiger partial charge in [0.25, 0.3) is 0 Å². The minimum Gasteiger partial charge on any atom is -0.468 e. The number of nitrogens with one attached hydrogen (secondary N) is 1. The van der Waals surface area contributed by atoms with Crippen molar-refractivity contribution in [2.45, 2.75) is 58.0 Å². The Balaban J connectivity index is 2.74. The van der Waals surface area contributed by atoms with Crippen LogP contribution in [0.4, 0.5) is 0 Å². The Morgan fingerprint density at radius 3 is 2.67 bits per heavy atom. The summed E-state index contributed by atoms with van der Waals surface area (Å²) in [5.41, 5.74) is -0.464. The molecule has 0 spiro atoms. The third kappa shape index (κ3) is 3.69. The molecule has 0 aliphatic carbocycles. The van der Waals surface area contributed by atoms with Crippen molar-refractivity contribution in [2.75, 3.05) is 26.7 Å². The summed E-state index contributed by atoms with van der Waals surface area (Å²) in [6.07, 6.45) is 3.80. The molecule has 1 unspecified atom stereocenters. The minimum atomic E-state index is -0.464. The first-order valence-corrected chi connectivity index (χ1v) is 7.13. The molecule has 0 saturated carbocycles. The Labute approximate surface area is 111 Å². The van der Waals surface area contributed by atoms with Crippen molar-refractivity contribution in [1.29, 1.82) is 0 Å². The highest BCUT2D eigenvalue weighted by Crippen LogP contribution is 2.25. The molecule has 1 rings (SSSR count). The highest BCUT2D eigenvalue weighted by molar-refractivity contribution is 5.80. The van der Waals surface area contributed by atoms with Crippen molar-refractivity contribution in [3.8, 4) is 0 Å². The molecule has 0 aromatic carbocycles. The molecule has 0 radical (unpaired) electrons. The van der Waals surface area contributed by atoms with Gasteiger partial charge in [0.05, 0.1) is 7.11 Å². The third-order valence-corrected chi connectivity index (χ3v) is 3.89. The van der Waals surface area contributed by atoms with E-state index in [1.165, 1.54) is 7.11 Å². The van der Waals surface area contributed by atoms with Gasteiger partial charge in [0.15, 0.2) is 0 Å². The van der Waals surface area contributed by atoms with E-state index in [4.69, 9.17) is 4.74 Å². The van der Waals surface area contributed by atoms with E-state index in [1.807, 2.05) is 0 Å². The standard InChI is InChI=1S/C14H28N2O2/c1-5-9-15-14(13(17)18-4)7-6-10-16(11-8-14)12(2)3/h12,15H,5-11H2,1-4H3. The van der Waals surface area contributed by atoms with Gasteiger partial charge >= 0.3 is 5.97 Å². The maximum Gasteiger partial charge on any atom is 0.326 e. The summed E-state index contributed by atoms with van der Waals surface area (Å²) in [7, 11) is 1.49. The number of nitrogens with zero attached hydrogens (tertiary/aromatic N) is 1. The molecule has 4 nitrogen and oxygen atoms in total. The summed E-state index contributed by atoms with van der Waals surface area (Å²) in [6, 6.07) is 0.546. The van der Waals surface area contributed by atoms with Crippen molar-refractivity contribution in [1.82, 2.24) is 10.2 Å². The molecule has 0 aromatic heterocycles. The van der Waals surface area contributed by atoms with Crippen LogP contribution in [0.5, 0.6) is 0 Å². The Morgan fingerprint density at radius 2 is 2.11 bits per heavy atom. The molecule has 1 fully saturated rings. The van der Waals surface area contributed by atoms with Crippen LogP contribution in [-0.4, -0.2) is 49.2 Å². The van der Waals surface area contributed by atoms with Crippen molar-refractivity contribution in [3.63, 3.8) is 0 Å². The number of likely N-dealkylation sites (tertiary alicyclic amines) is 1. The van der Waals surface area contributed by atoms with E-state index in [0.29, 0.717) is 6.04 Å². The summed E-state index contributed by atoms with van der Waals surface area (Å²) in [5.74, 6) is -0.0958. The zero-order valence-corrected chi connectivity index (χ0v) is 12.3. The van der Waals surface area contributed by atoms with Gasteiger partial charge in [-0.3, -0.25) is 4.79 Å². The highest BCUT2D eigenvalue weighted by Gasteiger charge is 2.40. The van der Waals surface area contributed by atoms with Gasteiger partial charge in [0, 0.05) is 12.6 Å². The number of carbonyl (C=O) groups is 1. The van der Waals surface area contributed by atoms with Gasteiger partial charge < -0.3 is 15.0 Å². The lowest BCUT2D eigenvalue weighted by molar-refractivity contribution is -0.149. The molecule has 4 heteroatoms. The fourth-order valence-corrected chi connectivity index (χ4v) is 2.68. The van der Waals surface area contributed by atoms with E-state index in [0.717, 1.165) is 45.3 Å². The summed E-state index contributed by atoms with van der Waals surface area (Å²) in [5, 5.41) is 3.43. The molecule has 1 atom stereocenters. The van der Waals surface area contributed by atoms with Crippen LogP contribution in [0.25, 0.3) is 0 Å². The quantitative estimate of drug-likeness (QED) is 0.762. The first-order valence-electron chi connectivity index (χ1n) is 7.13. The second-order valence-electron chi connectivity index (χ2n) is 5.48. The lowest BCUT2D eigenvalue weighted by Crippen LogP contribution is -2.53. The Kier molecular flexibility index (Phi) is 6.09. The molecule has 1 saturated heterocycles. The van der Waals surface area contributed by atoms with Crippen LogP contribution >= 0.6 is 0 Å². The molecule has 106 valence electrons. The minimum absolute atomic E-state index is 0.0958. The normalized spacial score (nSPS) is 26.1. The zero-order chi connectivity index (χ0) is 13.6. The van der Waals surface area contributed by atoms with Crippen molar-refractivity contribution in [3.05, 3.63) is 0 Å². The van der Waals surface area contributed by atoms with Crippen LogP contribution in [0.3, 0.4) is 0 Å². The van der Waals surface area contributed by atoms with Crippen molar-refractivity contribution < 1.29 is 9.53 Å². The van der Waals surface area contributed by atoms with Crippen LogP contribution in [-0.2, 0) is 9.53 Å². The van der Waals surface area contributed by atoms with Crippen LogP contribution in [0, 0.1) is 0 Å². The van der Waals surface area contributed by atoms with Crippen LogP contribution in [0.15, 0.2) is 0 Å². The molecular formula is C14H28N2O2. The maximum absolute atomic E-state index is 12.1. The van der Waals surface area contributed by atoms with Crippen molar-refractivity contribution in [2.24, 2.45) is 0 Å². The van der Waals surface area contributed by atoms with Gasteiger partial charge in [-0.05, 0) is 52.6 Å². The Bertz CT molecular complexity index is 269. The smallest absolute Gasteiger partial charge is 0.326 e. The van der Waals surface area contributed by atoms with E-state index < -0.39 is 5.54 Å². The topological polar surface area (TPSA) is 41.6 Å². The Morgan fingerprint density at radius 1 is 1.39 bits per heavy atom. The second-order valence-corrected chi connectivity index (χ2v) is 5.48. The highest BCUT2D eigenvalue weighted by atomic mass is 16.5. The number of hydrogen-bond acceptors (Lipinski definition) is 4. The molecule has 1 heterocycles.